The van der Waals surface area contributed by atoms with Crippen molar-refractivity contribution in [2.45, 2.75) is 48.0 Å². The number of aromatic nitrogens is 1. The van der Waals surface area contributed by atoms with Crippen LogP contribution in [0.5, 0.6) is 0 Å². The van der Waals surface area contributed by atoms with E-state index in [1.807, 2.05) is 20.8 Å². The van der Waals surface area contributed by atoms with Gasteiger partial charge in [0.1, 0.15) is 5.76 Å². The Balaban J connectivity index is 2.70. The van der Waals surface area contributed by atoms with Gasteiger partial charge in [-0.15, -0.1) is 0 Å². The molecule has 0 radical (unpaired) electrons. The van der Waals surface area contributed by atoms with Gasteiger partial charge in [0.2, 0.25) is 11.8 Å². The van der Waals surface area contributed by atoms with Crippen molar-refractivity contribution in [2.24, 2.45) is 11.3 Å². The Hall–Kier alpha value is -1.85. The van der Waals surface area contributed by atoms with Crippen molar-refractivity contribution >= 4 is 17.6 Å². The van der Waals surface area contributed by atoms with Crippen LogP contribution in [0.15, 0.2) is 10.6 Å². The molecule has 0 aliphatic heterocycles. The summed E-state index contributed by atoms with van der Waals surface area (Å²) >= 11 is 0. The second kappa shape index (κ2) is 7.42. The summed E-state index contributed by atoms with van der Waals surface area (Å²) in [6.45, 7) is 12.1. The summed E-state index contributed by atoms with van der Waals surface area (Å²) in [5, 5.41) is 6.37. The van der Waals surface area contributed by atoms with Gasteiger partial charge in [-0.05, 0) is 19.3 Å². The SMILES string of the molecule is Cc1cc(NC(=O)CN(CCC(C)C)C(=O)C(C)(C)C)no1. The van der Waals surface area contributed by atoms with Gasteiger partial charge in [-0.3, -0.25) is 9.59 Å². The summed E-state index contributed by atoms with van der Waals surface area (Å²) in [5.41, 5.74) is -0.512. The summed E-state index contributed by atoms with van der Waals surface area (Å²) in [6, 6.07) is 1.64. The van der Waals surface area contributed by atoms with Crippen LogP contribution in [-0.4, -0.2) is 35.0 Å². The van der Waals surface area contributed by atoms with E-state index in [1.165, 1.54) is 0 Å². The van der Waals surface area contributed by atoms with Crippen molar-refractivity contribution in [3.8, 4) is 0 Å². The number of nitrogens with zero attached hydrogens (tertiary/aromatic N) is 2. The highest BCUT2D eigenvalue weighted by Gasteiger charge is 2.28. The molecule has 0 aromatic carbocycles. The number of rotatable bonds is 6. The number of amides is 2. The first-order chi connectivity index (χ1) is 10.1. The smallest absolute Gasteiger partial charge is 0.245 e. The summed E-state index contributed by atoms with van der Waals surface area (Å²) in [7, 11) is 0. The van der Waals surface area contributed by atoms with E-state index in [1.54, 1.807) is 17.9 Å². The van der Waals surface area contributed by atoms with Crippen LogP contribution < -0.4 is 5.32 Å². The zero-order chi connectivity index (χ0) is 16.9. The van der Waals surface area contributed by atoms with Gasteiger partial charge in [0.15, 0.2) is 5.82 Å². The molecule has 0 spiro atoms. The first-order valence-electron chi connectivity index (χ1n) is 7.62. The standard InChI is InChI=1S/C16H27N3O3/c1-11(2)7-8-19(15(21)16(4,5)6)10-14(20)17-13-9-12(3)22-18-13/h9,11H,7-8,10H2,1-6H3,(H,17,18,20). The van der Waals surface area contributed by atoms with Crippen molar-refractivity contribution in [1.82, 2.24) is 10.1 Å². The topological polar surface area (TPSA) is 75.4 Å². The predicted octanol–water partition coefficient (Wildman–Crippen LogP) is 2.84. The molecular formula is C16H27N3O3. The average molecular weight is 309 g/mol. The molecule has 1 heterocycles. The second-order valence-corrected chi connectivity index (χ2v) is 7.03. The Morgan fingerprint density at radius 3 is 2.45 bits per heavy atom. The lowest BCUT2D eigenvalue weighted by molar-refractivity contribution is -0.142. The fourth-order valence-corrected chi connectivity index (χ4v) is 1.92. The highest BCUT2D eigenvalue weighted by Crippen LogP contribution is 2.18. The van der Waals surface area contributed by atoms with E-state index in [0.29, 0.717) is 24.0 Å². The average Bonchev–Trinajstić information content (AvgIpc) is 2.77. The Morgan fingerprint density at radius 1 is 1.36 bits per heavy atom. The lowest BCUT2D eigenvalue weighted by Gasteiger charge is -2.29. The van der Waals surface area contributed by atoms with Crippen molar-refractivity contribution in [3.05, 3.63) is 11.8 Å². The molecule has 0 aliphatic rings. The Labute approximate surface area is 132 Å². The van der Waals surface area contributed by atoms with Crippen LogP contribution in [0.1, 0.15) is 46.8 Å². The van der Waals surface area contributed by atoms with Crippen LogP contribution in [0.3, 0.4) is 0 Å². The van der Waals surface area contributed by atoms with Gasteiger partial charge in [-0.25, -0.2) is 0 Å². The minimum absolute atomic E-state index is 0.0226. The first kappa shape index (κ1) is 18.2. The lowest BCUT2D eigenvalue weighted by atomic mass is 9.94. The molecule has 2 amide bonds. The highest BCUT2D eigenvalue weighted by molar-refractivity contribution is 5.94. The summed E-state index contributed by atoms with van der Waals surface area (Å²) in [4.78, 5) is 26.2. The number of nitrogens with one attached hydrogen (secondary N) is 1. The lowest BCUT2D eigenvalue weighted by Crippen LogP contribution is -2.44. The number of carbonyl (C=O) groups is 2. The molecule has 0 atom stereocenters. The highest BCUT2D eigenvalue weighted by atomic mass is 16.5. The number of aryl methyl sites for hydroxylation is 1. The zero-order valence-corrected chi connectivity index (χ0v) is 14.4. The second-order valence-electron chi connectivity index (χ2n) is 7.03. The monoisotopic (exact) mass is 309 g/mol. The Kier molecular flexibility index (Phi) is 6.14. The molecule has 1 aromatic heterocycles. The molecule has 22 heavy (non-hydrogen) atoms. The molecule has 0 aliphatic carbocycles. The fourth-order valence-electron chi connectivity index (χ4n) is 1.92. The molecule has 0 saturated carbocycles. The zero-order valence-electron chi connectivity index (χ0n) is 14.4. The van der Waals surface area contributed by atoms with Crippen molar-refractivity contribution in [1.29, 1.82) is 0 Å². The van der Waals surface area contributed by atoms with Gasteiger partial charge in [0.25, 0.3) is 0 Å². The van der Waals surface area contributed by atoms with Crippen LogP contribution in [-0.2, 0) is 9.59 Å². The normalized spacial score (nSPS) is 11.6. The maximum Gasteiger partial charge on any atom is 0.245 e. The van der Waals surface area contributed by atoms with E-state index >= 15 is 0 Å². The van der Waals surface area contributed by atoms with Gasteiger partial charge in [-0.2, -0.15) is 0 Å². The third kappa shape index (κ3) is 5.87. The molecule has 6 heteroatoms. The van der Waals surface area contributed by atoms with Crippen molar-refractivity contribution in [2.75, 3.05) is 18.4 Å². The van der Waals surface area contributed by atoms with Crippen LogP contribution in [0.4, 0.5) is 5.82 Å². The summed E-state index contributed by atoms with van der Waals surface area (Å²) in [5.74, 6) is 1.16. The number of hydrogen-bond acceptors (Lipinski definition) is 4. The van der Waals surface area contributed by atoms with Gasteiger partial charge in [0.05, 0.1) is 6.54 Å². The predicted molar refractivity (Wildman–Crippen MR) is 85.4 cm³/mol. The van der Waals surface area contributed by atoms with Gasteiger partial charge in [0, 0.05) is 18.0 Å². The molecule has 6 nitrogen and oxygen atoms in total. The first-order valence-corrected chi connectivity index (χ1v) is 7.62. The molecule has 0 saturated heterocycles. The molecule has 124 valence electrons. The number of hydrogen-bond donors (Lipinski definition) is 1. The molecule has 1 aromatic rings. The molecule has 0 unspecified atom stereocenters. The van der Waals surface area contributed by atoms with Crippen LogP contribution >= 0.6 is 0 Å². The van der Waals surface area contributed by atoms with Crippen LogP contribution in [0.25, 0.3) is 0 Å². The van der Waals surface area contributed by atoms with Crippen LogP contribution in [0, 0.1) is 18.3 Å². The van der Waals surface area contributed by atoms with E-state index in [9.17, 15) is 9.59 Å². The Morgan fingerprint density at radius 2 is 2.00 bits per heavy atom. The van der Waals surface area contributed by atoms with E-state index < -0.39 is 5.41 Å². The Bertz CT molecular complexity index is 515. The molecule has 0 fully saturated rings. The minimum atomic E-state index is -0.512. The maximum atomic E-state index is 12.5. The molecule has 0 bridgehead atoms. The molecule has 1 rings (SSSR count). The quantitative estimate of drug-likeness (QED) is 0.876. The third-order valence-corrected chi connectivity index (χ3v) is 3.14. The third-order valence-electron chi connectivity index (χ3n) is 3.14. The maximum absolute atomic E-state index is 12.5. The molecule has 1 N–H and O–H groups in total. The summed E-state index contributed by atoms with van der Waals surface area (Å²) < 4.78 is 4.91. The van der Waals surface area contributed by atoms with E-state index in [0.717, 1.165) is 6.42 Å². The van der Waals surface area contributed by atoms with E-state index in [2.05, 4.69) is 24.3 Å². The van der Waals surface area contributed by atoms with E-state index in [4.69, 9.17) is 4.52 Å². The number of anilines is 1. The largest absolute Gasteiger partial charge is 0.360 e. The van der Waals surface area contributed by atoms with Crippen molar-refractivity contribution in [3.63, 3.8) is 0 Å². The van der Waals surface area contributed by atoms with Crippen LogP contribution in [0.2, 0.25) is 0 Å². The minimum Gasteiger partial charge on any atom is -0.360 e. The van der Waals surface area contributed by atoms with Gasteiger partial charge < -0.3 is 14.7 Å². The summed E-state index contributed by atoms with van der Waals surface area (Å²) in [6.07, 6.45) is 0.859. The molecular weight excluding hydrogens is 282 g/mol. The fraction of sp³-hybridized carbons (Fsp3) is 0.688. The number of carbonyl (C=O) groups excluding carboxylic acids is 2. The van der Waals surface area contributed by atoms with Crippen molar-refractivity contribution < 1.29 is 14.1 Å². The van der Waals surface area contributed by atoms with E-state index in [-0.39, 0.29) is 18.4 Å². The van der Waals surface area contributed by atoms with Gasteiger partial charge >= 0.3 is 0 Å². The van der Waals surface area contributed by atoms with Gasteiger partial charge in [-0.1, -0.05) is 39.8 Å².